The van der Waals surface area contributed by atoms with Gasteiger partial charge in [-0.25, -0.2) is 4.68 Å². The van der Waals surface area contributed by atoms with Gasteiger partial charge in [-0.2, -0.15) is 0 Å². The predicted octanol–water partition coefficient (Wildman–Crippen LogP) is 3.39. The van der Waals surface area contributed by atoms with Gasteiger partial charge in [-0.1, -0.05) is 41.6 Å². The number of aromatic amines is 1. The Bertz CT molecular complexity index is 861. The van der Waals surface area contributed by atoms with E-state index in [1.54, 1.807) is 4.68 Å². The van der Waals surface area contributed by atoms with Crippen LogP contribution in [0.25, 0.3) is 5.69 Å². The standard InChI is InChI=1S/C18H19N3OS/c1-12-3-9-16(10-4-12)23-17-13(2)20-21(18(17)22)15-7-5-14(11-19)6-8-15/h3-10,20H,11,19H2,1-2H3. The summed E-state index contributed by atoms with van der Waals surface area (Å²) in [6, 6.07) is 15.8. The van der Waals surface area contributed by atoms with E-state index in [0.29, 0.717) is 6.54 Å². The van der Waals surface area contributed by atoms with Gasteiger partial charge < -0.3 is 5.73 Å². The summed E-state index contributed by atoms with van der Waals surface area (Å²) in [5.74, 6) is 0. The minimum absolute atomic E-state index is 0.0337. The predicted molar refractivity (Wildman–Crippen MR) is 94.3 cm³/mol. The van der Waals surface area contributed by atoms with Crippen molar-refractivity contribution in [1.82, 2.24) is 9.78 Å². The number of aryl methyl sites for hydroxylation is 2. The van der Waals surface area contributed by atoms with Gasteiger partial charge in [0.25, 0.3) is 5.56 Å². The molecule has 0 aliphatic carbocycles. The summed E-state index contributed by atoms with van der Waals surface area (Å²) in [6.07, 6.45) is 0. The highest BCUT2D eigenvalue weighted by atomic mass is 32.2. The highest BCUT2D eigenvalue weighted by Crippen LogP contribution is 2.27. The number of benzene rings is 2. The molecule has 0 radical (unpaired) electrons. The molecule has 0 bridgehead atoms. The lowest BCUT2D eigenvalue weighted by molar-refractivity contribution is 0.833. The van der Waals surface area contributed by atoms with Crippen LogP contribution in [0.5, 0.6) is 0 Å². The smallest absolute Gasteiger partial charge is 0.285 e. The van der Waals surface area contributed by atoms with E-state index in [1.165, 1.54) is 17.3 Å². The van der Waals surface area contributed by atoms with Crippen molar-refractivity contribution in [3.63, 3.8) is 0 Å². The number of H-pyrrole nitrogens is 1. The fourth-order valence-corrected chi connectivity index (χ4v) is 3.22. The monoisotopic (exact) mass is 325 g/mol. The van der Waals surface area contributed by atoms with E-state index in [1.807, 2.05) is 62.4 Å². The third kappa shape index (κ3) is 3.25. The second kappa shape index (κ2) is 6.48. The molecule has 0 saturated carbocycles. The largest absolute Gasteiger partial charge is 0.326 e. The van der Waals surface area contributed by atoms with Gasteiger partial charge in [-0.15, -0.1) is 0 Å². The van der Waals surface area contributed by atoms with E-state index < -0.39 is 0 Å². The zero-order valence-corrected chi connectivity index (χ0v) is 14.0. The maximum Gasteiger partial charge on any atom is 0.285 e. The first-order chi connectivity index (χ1) is 11.1. The Morgan fingerprint density at radius 2 is 1.70 bits per heavy atom. The summed E-state index contributed by atoms with van der Waals surface area (Å²) in [7, 11) is 0. The summed E-state index contributed by atoms with van der Waals surface area (Å²) >= 11 is 1.49. The first-order valence-corrected chi connectivity index (χ1v) is 8.25. The Balaban J connectivity index is 1.95. The highest BCUT2D eigenvalue weighted by Gasteiger charge is 2.13. The molecule has 0 saturated heterocycles. The molecule has 0 atom stereocenters. The number of aromatic nitrogens is 2. The molecule has 2 aromatic carbocycles. The van der Waals surface area contributed by atoms with E-state index >= 15 is 0 Å². The van der Waals surface area contributed by atoms with E-state index in [0.717, 1.165) is 26.7 Å². The zero-order valence-electron chi connectivity index (χ0n) is 13.2. The summed E-state index contributed by atoms with van der Waals surface area (Å²) in [5, 5.41) is 3.15. The van der Waals surface area contributed by atoms with Crippen LogP contribution in [0, 0.1) is 13.8 Å². The summed E-state index contributed by atoms with van der Waals surface area (Å²) < 4.78 is 1.58. The Kier molecular flexibility index (Phi) is 4.41. The SMILES string of the molecule is Cc1ccc(Sc2c(C)[nH]n(-c3ccc(CN)cc3)c2=O)cc1. The van der Waals surface area contributed by atoms with Gasteiger partial charge in [-0.3, -0.25) is 9.89 Å². The van der Waals surface area contributed by atoms with Crippen LogP contribution < -0.4 is 11.3 Å². The van der Waals surface area contributed by atoms with Crippen LogP contribution in [0.15, 0.2) is 63.1 Å². The van der Waals surface area contributed by atoms with Crippen LogP contribution in [0.2, 0.25) is 0 Å². The molecule has 23 heavy (non-hydrogen) atoms. The van der Waals surface area contributed by atoms with Gasteiger partial charge in [0.1, 0.15) is 0 Å². The molecule has 0 amide bonds. The van der Waals surface area contributed by atoms with Crippen molar-refractivity contribution in [2.75, 3.05) is 0 Å². The molecule has 4 nitrogen and oxygen atoms in total. The van der Waals surface area contributed by atoms with Gasteiger partial charge >= 0.3 is 0 Å². The van der Waals surface area contributed by atoms with Crippen LogP contribution in [0.3, 0.4) is 0 Å². The molecule has 0 fully saturated rings. The van der Waals surface area contributed by atoms with Crippen LogP contribution >= 0.6 is 11.8 Å². The number of rotatable bonds is 4. The quantitative estimate of drug-likeness (QED) is 0.773. The lowest BCUT2D eigenvalue weighted by atomic mass is 10.2. The Morgan fingerprint density at radius 1 is 1.04 bits per heavy atom. The molecule has 0 unspecified atom stereocenters. The van der Waals surface area contributed by atoms with Gasteiger partial charge in [0.05, 0.1) is 10.6 Å². The van der Waals surface area contributed by atoms with Crippen molar-refractivity contribution in [2.24, 2.45) is 5.73 Å². The minimum atomic E-state index is -0.0337. The third-order valence-electron chi connectivity index (χ3n) is 3.69. The number of hydrogen-bond donors (Lipinski definition) is 2. The second-order valence-corrected chi connectivity index (χ2v) is 6.58. The number of nitrogens with two attached hydrogens (primary N) is 1. The summed E-state index contributed by atoms with van der Waals surface area (Å²) in [6.45, 7) is 4.46. The van der Waals surface area contributed by atoms with Crippen LogP contribution in [0.1, 0.15) is 16.8 Å². The molecule has 0 aliphatic heterocycles. The Hall–Kier alpha value is -2.24. The van der Waals surface area contributed by atoms with Crippen molar-refractivity contribution in [3.8, 4) is 5.69 Å². The van der Waals surface area contributed by atoms with Crippen molar-refractivity contribution in [2.45, 2.75) is 30.2 Å². The molecule has 118 valence electrons. The third-order valence-corrected chi connectivity index (χ3v) is 4.88. The van der Waals surface area contributed by atoms with Crippen molar-refractivity contribution in [3.05, 3.63) is 75.7 Å². The lowest BCUT2D eigenvalue weighted by Gasteiger charge is -2.02. The van der Waals surface area contributed by atoms with Gasteiger partial charge in [0.2, 0.25) is 0 Å². The van der Waals surface area contributed by atoms with Crippen LogP contribution in [0.4, 0.5) is 0 Å². The van der Waals surface area contributed by atoms with Gasteiger partial charge in [0, 0.05) is 17.1 Å². The van der Waals surface area contributed by atoms with E-state index in [9.17, 15) is 4.79 Å². The molecule has 3 aromatic rings. The van der Waals surface area contributed by atoms with Crippen LogP contribution in [-0.4, -0.2) is 9.78 Å². The molecular weight excluding hydrogens is 306 g/mol. The molecule has 1 aromatic heterocycles. The molecule has 3 rings (SSSR count). The average Bonchev–Trinajstić information content (AvgIpc) is 2.85. The fraction of sp³-hybridized carbons (Fsp3) is 0.167. The molecular formula is C18H19N3OS. The van der Waals surface area contributed by atoms with Crippen LogP contribution in [-0.2, 0) is 6.54 Å². The first-order valence-electron chi connectivity index (χ1n) is 7.44. The lowest BCUT2D eigenvalue weighted by Crippen LogP contribution is -2.15. The first kappa shape index (κ1) is 15.6. The molecule has 1 heterocycles. The maximum absolute atomic E-state index is 12.7. The number of nitrogens with zero attached hydrogens (tertiary/aromatic N) is 1. The molecule has 3 N–H and O–H groups in total. The zero-order chi connectivity index (χ0) is 16.4. The highest BCUT2D eigenvalue weighted by molar-refractivity contribution is 7.99. The van der Waals surface area contributed by atoms with Gasteiger partial charge in [-0.05, 0) is 43.7 Å². The molecule has 0 aliphatic rings. The van der Waals surface area contributed by atoms with Crippen molar-refractivity contribution >= 4 is 11.8 Å². The fourth-order valence-electron chi connectivity index (χ4n) is 2.34. The number of nitrogens with one attached hydrogen (secondary N) is 1. The van der Waals surface area contributed by atoms with E-state index in [2.05, 4.69) is 5.10 Å². The van der Waals surface area contributed by atoms with Gasteiger partial charge in [0.15, 0.2) is 0 Å². The Morgan fingerprint density at radius 3 is 2.30 bits per heavy atom. The summed E-state index contributed by atoms with van der Waals surface area (Å²) in [5.41, 5.74) is 9.50. The normalized spacial score (nSPS) is 10.9. The molecule has 0 spiro atoms. The van der Waals surface area contributed by atoms with E-state index in [-0.39, 0.29) is 5.56 Å². The Labute approximate surface area is 139 Å². The molecule has 5 heteroatoms. The topological polar surface area (TPSA) is 63.8 Å². The van der Waals surface area contributed by atoms with Crippen molar-refractivity contribution < 1.29 is 0 Å². The van der Waals surface area contributed by atoms with Crippen molar-refractivity contribution in [1.29, 1.82) is 0 Å². The maximum atomic E-state index is 12.7. The van der Waals surface area contributed by atoms with E-state index in [4.69, 9.17) is 5.73 Å². The summed E-state index contributed by atoms with van der Waals surface area (Å²) in [4.78, 5) is 14.5. The second-order valence-electron chi connectivity index (χ2n) is 5.49. The average molecular weight is 325 g/mol. The number of hydrogen-bond acceptors (Lipinski definition) is 3. The minimum Gasteiger partial charge on any atom is -0.326 e.